The Balaban J connectivity index is 2.78. The summed E-state index contributed by atoms with van der Waals surface area (Å²) in [6.45, 7) is 0.0272. The number of halogens is 1. The van der Waals surface area contributed by atoms with Gasteiger partial charge in [0.1, 0.15) is 11.0 Å². The molecule has 0 aromatic carbocycles. The van der Waals surface area contributed by atoms with E-state index in [9.17, 15) is 9.59 Å². The van der Waals surface area contributed by atoms with Gasteiger partial charge in [-0.25, -0.2) is 9.78 Å². The highest BCUT2D eigenvalue weighted by molar-refractivity contribution is 6.29. The Morgan fingerprint density at radius 2 is 2.12 bits per heavy atom. The molecule has 0 unspecified atom stereocenters. The standard InChI is InChI=1S/C10H12ClN3O3/c1-14(2)9(15)5-12-8-4-6(10(16)17)3-7(11)13-8/h3-4H,5H2,1-2H3,(H,12,13)(H,16,17). The van der Waals surface area contributed by atoms with Gasteiger partial charge in [-0.15, -0.1) is 0 Å². The third-order valence-corrected chi connectivity index (χ3v) is 2.15. The van der Waals surface area contributed by atoms with Crippen LogP contribution in [-0.2, 0) is 4.79 Å². The zero-order valence-corrected chi connectivity index (χ0v) is 10.2. The Kier molecular flexibility index (Phi) is 4.28. The first-order valence-electron chi connectivity index (χ1n) is 4.75. The summed E-state index contributed by atoms with van der Waals surface area (Å²) in [6.07, 6.45) is 0. The maximum absolute atomic E-state index is 11.3. The summed E-state index contributed by atoms with van der Waals surface area (Å²) in [5.74, 6) is -0.995. The molecule has 0 saturated heterocycles. The molecule has 0 atom stereocenters. The second-order valence-electron chi connectivity index (χ2n) is 3.51. The summed E-state index contributed by atoms with van der Waals surface area (Å²) in [5, 5.41) is 11.6. The molecule has 1 amide bonds. The van der Waals surface area contributed by atoms with Crippen molar-refractivity contribution in [3.05, 3.63) is 22.8 Å². The third-order valence-electron chi connectivity index (χ3n) is 1.96. The van der Waals surface area contributed by atoms with Crippen LogP contribution in [0.1, 0.15) is 10.4 Å². The molecule has 1 heterocycles. The van der Waals surface area contributed by atoms with Crippen LogP contribution in [0.25, 0.3) is 0 Å². The van der Waals surface area contributed by atoms with Crippen LogP contribution in [0.15, 0.2) is 12.1 Å². The summed E-state index contributed by atoms with van der Waals surface area (Å²) in [6, 6.07) is 2.56. The van der Waals surface area contributed by atoms with Gasteiger partial charge in [0.05, 0.1) is 12.1 Å². The molecule has 1 rings (SSSR count). The van der Waals surface area contributed by atoms with Crippen LogP contribution < -0.4 is 5.32 Å². The average Bonchev–Trinajstić information content (AvgIpc) is 2.24. The van der Waals surface area contributed by atoms with Gasteiger partial charge < -0.3 is 15.3 Å². The molecule has 92 valence electrons. The molecule has 0 aliphatic heterocycles. The number of rotatable bonds is 4. The first-order valence-corrected chi connectivity index (χ1v) is 5.13. The van der Waals surface area contributed by atoms with E-state index in [0.29, 0.717) is 0 Å². The SMILES string of the molecule is CN(C)C(=O)CNc1cc(C(=O)O)cc(Cl)n1. The Morgan fingerprint density at radius 3 is 2.65 bits per heavy atom. The minimum atomic E-state index is -1.10. The highest BCUT2D eigenvalue weighted by Crippen LogP contribution is 2.14. The number of pyridine rings is 1. The maximum Gasteiger partial charge on any atom is 0.335 e. The molecular weight excluding hydrogens is 246 g/mol. The molecule has 0 spiro atoms. The minimum absolute atomic E-state index is 0.0183. The van der Waals surface area contributed by atoms with Gasteiger partial charge >= 0.3 is 5.97 Å². The summed E-state index contributed by atoms with van der Waals surface area (Å²) in [7, 11) is 3.25. The van der Waals surface area contributed by atoms with E-state index in [0.717, 1.165) is 0 Å². The quantitative estimate of drug-likeness (QED) is 0.784. The number of nitrogens with zero attached hydrogens (tertiary/aromatic N) is 2. The number of nitrogens with one attached hydrogen (secondary N) is 1. The van der Waals surface area contributed by atoms with Gasteiger partial charge in [0.25, 0.3) is 0 Å². The third kappa shape index (κ3) is 3.92. The Bertz CT molecular complexity index is 448. The van der Waals surface area contributed by atoms with Crippen molar-refractivity contribution >= 4 is 29.3 Å². The summed E-state index contributed by atoms with van der Waals surface area (Å²) in [4.78, 5) is 27.3. The van der Waals surface area contributed by atoms with Crippen molar-refractivity contribution in [2.45, 2.75) is 0 Å². The zero-order chi connectivity index (χ0) is 13.0. The van der Waals surface area contributed by atoms with E-state index in [-0.39, 0.29) is 29.0 Å². The zero-order valence-electron chi connectivity index (χ0n) is 9.40. The van der Waals surface area contributed by atoms with Gasteiger partial charge in [0.15, 0.2) is 0 Å². The lowest BCUT2D eigenvalue weighted by molar-refractivity contribution is -0.126. The number of carboxylic acid groups (broad SMARTS) is 1. The van der Waals surface area contributed by atoms with Gasteiger partial charge in [0, 0.05) is 14.1 Å². The van der Waals surface area contributed by atoms with E-state index in [1.807, 2.05) is 0 Å². The van der Waals surface area contributed by atoms with Crippen LogP contribution in [0.3, 0.4) is 0 Å². The number of carbonyl (C=O) groups excluding carboxylic acids is 1. The Labute approximate surface area is 103 Å². The number of aromatic nitrogens is 1. The summed E-state index contributed by atoms with van der Waals surface area (Å²) in [5.41, 5.74) is 0.0183. The average molecular weight is 258 g/mol. The predicted octanol–water partition coefficient (Wildman–Crippen LogP) is 0.933. The van der Waals surface area contributed by atoms with Crippen molar-refractivity contribution < 1.29 is 14.7 Å². The van der Waals surface area contributed by atoms with Crippen molar-refractivity contribution in [1.82, 2.24) is 9.88 Å². The molecule has 1 aromatic rings. The summed E-state index contributed by atoms with van der Waals surface area (Å²) < 4.78 is 0. The molecule has 7 heteroatoms. The lowest BCUT2D eigenvalue weighted by atomic mass is 10.2. The number of carboxylic acids is 1. The van der Waals surface area contributed by atoms with Crippen molar-refractivity contribution in [2.75, 3.05) is 26.0 Å². The molecule has 17 heavy (non-hydrogen) atoms. The lowest BCUT2D eigenvalue weighted by Gasteiger charge is -2.11. The fraction of sp³-hybridized carbons (Fsp3) is 0.300. The number of amides is 1. The van der Waals surface area contributed by atoms with Crippen molar-refractivity contribution in [2.24, 2.45) is 0 Å². The van der Waals surface area contributed by atoms with Crippen LogP contribution in [0.5, 0.6) is 0 Å². The number of likely N-dealkylation sites (N-methyl/N-ethyl adjacent to an activating group) is 1. The summed E-state index contributed by atoms with van der Waals surface area (Å²) >= 11 is 5.66. The van der Waals surface area contributed by atoms with E-state index in [1.54, 1.807) is 14.1 Å². The van der Waals surface area contributed by atoms with Gasteiger partial charge in [-0.2, -0.15) is 0 Å². The molecule has 0 aliphatic carbocycles. The van der Waals surface area contributed by atoms with Gasteiger partial charge in [-0.1, -0.05) is 11.6 Å². The first-order chi connectivity index (χ1) is 7.90. The van der Waals surface area contributed by atoms with Crippen LogP contribution in [0.4, 0.5) is 5.82 Å². The van der Waals surface area contributed by atoms with E-state index >= 15 is 0 Å². The van der Waals surface area contributed by atoms with Crippen LogP contribution in [0.2, 0.25) is 5.15 Å². The number of carbonyl (C=O) groups is 2. The van der Waals surface area contributed by atoms with E-state index < -0.39 is 5.97 Å². The molecule has 2 N–H and O–H groups in total. The largest absolute Gasteiger partial charge is 0.478 e. The molecule has 1 aromatic heterocycles. The number of anilines is 1. The fourth-order valence-electron chi connectivity index (χ4n) is 1.04. The molecule has 6 nitrogen and oxygen atoms in total. The molecule has 0 bridgehead atoms. The molecule has 0 fully saturated rings. The van der Waals surface area contributed by atoms with Crippen LogP contribution >= 0.6 is 11.6 Å². The normalized spacial score (nSPS) is 9.82. The molecule has 0 radical (unpaired) electrons. The maximum atomic E-state index is 11.3. The van der Waals surface area contributed by atoms with Crippen molar-refractivity contribution in [3.63, 3.8) is 0 Å². The number of hydrogen-bond acceptors (Lipinski definition) is 4. The fourth-order valence-corrected chi connectivity index (χ4v) is 1.24. The smallest absolute Gasteiger partial charge is 0.335 e. The van der Waals surface area contributed by atoms with Gasteiger partial charge in [0.2, 0.25) is 5.91 Å². The van der Waals surface area contributed by atoms with Crippen LogP contribution in [-0.4, -0.2) is 47.5 Å². The topological polar surface area (TPSA) is 82.5 Å². The Hall–Kier alpha value is -1.82. The molecule has 0 aliphatic rings. The second kappa shape index (κ2) is 5.49. The van der Waals surface area contributed by atoms with Crippen LogP contribution in [0, 0.1) is 0 Å². The van der Waals surface area contributed by atoms with Crippen molar-refractivity contribution in [1.29, 1.82) is 0 Å². The number of aromatic carboxylic acids is 1. The second-order valence-corrected chi connectivity index (χ2v) is 3.90. The molecular formula is C10H12ClN3O3. The monoisotopic (exact) mass is 257 g/mol. The highest BCUT2D eigenvalue weighted by atomic mass is 35.5. The van der Waals surface area contributed by atoms with Gasteiger partial charge in [-0.3, -0.25) is 4.79 Å². The molecule has 0 saturated carbocycles. The number of hydrogen-bond donors (Lipinski definition) is 2. The van der Waals surface area contributed by atoms with Gasteiger partial charge in [-0.05, 0) is 12.1 Å². The predicted molar refractivity (Wildman–Crippen MR) is 63.4 cm³/mol. The van der Waals surface area contributed by atoms with E-state index in [4.69, 9.17) is 16.7 Å². The minimum Gasteiger partial charge on any atom is -0.478 e. The highest BCUT2D eigenvalue weighted by Gasteiger charge is 2.09. The van der Waals surface area contributed by atoms with Crippen molar-refractivity contribution in [3.8, 4) is 0 Å². The first kappa shape index (κ1) is 13.2. The lowest BCUT2D eigenvalue weighted by Crippen LogP contribution is -2.28. The van der Waals surface area contributed by atoms with E-state index in [2.05, 4.69) is 10.3 Å². The Morgan fingerprint density at radius 1 is 1.47 bits per heavy atom. The van der Waals surface area contributed by atoms with E-state index in [1.165, 1.54) is 17.0 Å².